The lowest BCUT2D eigenvalue weighted by Crippen LogP contribution is -2.37. The van der Waals surface area contributed by atoms with Crippen LogP contribution < -0.4 is 5.32 Å². The standard InChI is InChI=1S/C15H16N2O3/c18-14(19)9-6-12-4-7-13(8-5-12)16-15(20)17-10-2-1-3-11-17/h1-2,4-9H,3,10-11H2,(H,16,20)(H,18,19)/b9-6+. The van der Waals surface area contributed by atoms with Gasteiger partial charge in [-0.15, -0.1) is 0 Å². The Labute approximate surface area is 117 Å². The predicted molar refractivity (Wildman–Crippen MR) is 77.5 cm³/mol. The molecule has 5 heteroatoms. The highest BCUT2D eigenvalue weighted by Gasteiger charge is 2.13. The molecule has 0 aromatic heterocycles. The number of hydrogen-bond acceptors (Lipinski definition) is 2. The summed E-state index contributed by atoms with van der Waals surface area (Å²) in [5.41, 5.74) is 1.46. The third-order valence-electron chi connectivity index (χ3n) is 2.93. The van der Waals surface area contributed by atoms with Gasteiger partial charge in [0.05, 0.1) is 0 Å². The first kappa shape index (κ1) is 13.9. The second-order valence-electron chi connectivity index (χ2n) is 4.43. The number of hydrogen-bond donors (Lipinski definition) is 2. The summed E-state index contributed by atoms with van der Waals surface area (Å²) in [5.74, 6) is -0.986. The Morgan fingerprint density at radius 2 is 1.95 bits per heavy atom. The molecular weight excluding hydrogens is 256 g/mol. The lowest BCUT2D eigenvalue weighted by molar-refractivity contribution is -0.131. The van der Waals surface area contributed by atoms with E-state index in [0.29, 0.717) is 12.2 Å². The maximum absolute atomic E-state index is 12.0. The summed E-state index contributed by atoms with van der Waals surface area (Å²) in [7, 11) is 0. The predicted octanol–water partition coefficient (Wildman–Crippen LogP) is 2.58. The fourth-order valence-corrected chi connectivity index (χ4v) is 1.87. The van der Waals surface area contributed by atoms with Crippen molar-refractivity contribution in [3.63, 3.8) is 0 Å². The van der Waals surface area contributed by atoms with E-state index in [1.807, 2.05) is 6.08 Å². The molecule has 0 unspecified atom stereocenters. The zero-order valence-corrected chi connectivity index (χ0v) is 11.0. The summed E-state index contributed by atoms with van der Waals surface area (Å²) in [6.07, 6.45) is 7.50. The van der Waals surface area contributed by atoms with E-state index in [-0.39, 0.29) is 6.03 Å². The zero-order valence-electron chi connectivity index (χ0n) is 11.0. The molecule has 104 valence electrons. The average Bonchev–Trinajstić information content (AvgIpc) is 2.47. The zero-order chi connectivity index (χ0) is 14.4. The minimum absolute atomic E-state index is 0.122. The Morgan fingerprint density at radius 1 is 1.20 bits per heavy atom. The van der Waals surface area contributed by atoms with Crippen molar-refractivity contribution < 1.29 is 14.7 Å². The Hall–Kier alpha value is -2.56. The monoisotopic (exact) mass is 272 g/mol. The number of carbonyl (C=O) groups is 2. The summed E-state index contributed by atoms with van der Waals surface area (Å²) < 4.78 is 0. The largest absolute Gasteiger partial charge is 0.478 e. The van der Waals surface area contributed by atoms with Crippen LogP contribution in [0.3, 0.4) is 0 Å². The van der Waals surface area contributed by atoms with Gasteiger partial charge < -0.3 is 15.3 Å². The van der Waals surface area contributed by atoms with Gasteiger partial charge in [-0.25, -0.2) is 9.59 Å². The Balaban J connectivity index is 1.94. The lowest BCUT2D eigenvalue weighted by Gasteiger charge is -2.23. The van der Waals surface area contributed by atoms with E-state index in [1.165, 1.54) is 6.08 Å². The molecule has 0 saturated heterocycles. The Bertz CT molecular complexity index is 547. The first-order chi connectivity index (χ1) is 9.65. The van der Waals surface area contributed by atoms with Crippen LogP contribution in [0.2, 0.25) is 0 Å². The third kappa shape index (κ3) is 3.98. The van der Waals surface area contributed by atoms with Crippen molar-refractivity contribution >= 4 is 23.8 Å². The third-order valence-corrected chi connectivity index (χ3v) is 2.93. The molecule has 1 aliphatic heterocycles. The number of aliphatic carboxylic acids is 1. The molecule has 2 N–H and O–H groups in total. The van der Waals surface area contributed by atoms with Gasteiger partial charge in [0.2, 0.25) is 0 Å². The summed E-state index contributed by atoms with van der Waals surface area (Å²) in [6.45, 7) is 1.35. The number of benzene rings is 1. The van der Waals surface area contributed by atoms with Crippen LogP contribution in [0.15, 0.2) is 42.5 Å². The molecule has 0 aliphatic carbocycles. The first-order valence-electron chi connectivity index (χ1n) is 6.37. The summed E-state index contributed by atoms with van der Waals surface area (Å²) in [6, 6.07) is 6.89. The highest BCUT2D eigenvalue weighted by Crippen LogP contribution is 2.12. The highest BCUT2D eigenvalue weighted by atomic mass is 16.4. The van der Waals surface area contributed by atoms with Crippen molar-refractivity contribution in [3.8, 4) is 0 Å². The van der Waals surface area contributed by atoms with Gasteiger partial charge >= 0.3 is 12.0 Å². The molecular formula is C15H16N2O3. The Kier molecular flexibility index (Phi) is 4.55. The van der Waals surface area contributed by atoms with Gasteiger partial charge in [-0.1, -0.05) is 24.3 Å². The van der Waals surface area contributed by atoms with E-state index in [9.17, 15) is 9.59 Å². The van der Waals surface area contributed by atoms with Crippen LogP contribution in [0.1, 0.15) is 12.0 Å². The summed E-state index contributed by atoms with van der Waals surface area (Å²) in [4.78, 5) is 24.1. The number of nitrogens with zero attached hydrogens (tertiary/aromatic N) is 1. The van der Waals surface area contributed by atoms with Gasteiger partial charge in [-0.3, -0.25) is 0 Å². The van der Waals surface area contributed by atoms with Gasteiger partial charge in [0.25, 0.3) is 0 Å². The number of nitrogens with one attached hydrogen (secondary N) is 1. The lowest BCUT2D eigenvalue weighted by atomic mass is 10.2. The first-order valence-corrected chi connectivity index (χ1v) is 6.37. The minimum atomic E-state index is -0.986. The van der Waals surface area contributed by atoms with Crippen LogP contribution in [-0.2, 0) is 4.79 Å². The maximum Gasteiger partial charge on any atom is 0.328 e. The molecule has 0 radical (unpaired) electrons. The quantitative estimate of drug-likeness (QED) is 0.656. The van der Waals surface area contributed by atoms with Crippen molar-refractivity contribution in [2.24, 2.45) is 0 Å². The number of anilines is 1. The number of urea groups is 1. The van der Waals surface area contributed by atoms with E-state index in [1.54, 1.807) is 29.2 Å². The number of amides is 2. The molecule has 20 heavy (non-hydrogen) atoms. The van der Waals surface area contributed by atoms with Crippen LogP contribution >= 0.6 is 0 Å². The molecule has 0 saturated carbocycles. The number of rotatable bonds is 3. The van der Waals surface area contributed by atoms with Gasteiger partial charge in [-0.2, -0.15) is 0 Å². The molecule has 5 nitrogen and oxygen atoms in total. The van der Waals surface area contributed by atoms with Crippen molar-refractivity contribution in [3.05, 3.63) is 48.1 Å². The van der Waals surface area contributed by atoms with Crippen LogP contribution in [0, 0.1) is 0 Å². The van der Waals surface area contributed by atoms with E-state index in [0.717, 1.165) is 24.6 Å². The van der Waals surface area contributed by atoms with Crippen molar-refractivity contribution in [1.29, 1.82) is 0 Å². The van der Waals surface area contributed by atoms with Gasteiger partial charge in [0.1, 0.15) is 0 Å². The molecule has 0 bridgehead atoms. The Morgan fingerprint density at radius 3 is 2.55 bits per heavy atom. The normalized spacial score (nSPS) is 14.5. The molecule has 1 aliphatic rings. The molecule has 0 atom stereocenters. The number of carbonyl (C=O) groups excluding carboxylic acids is 1. The molecule has 0 spiro atoms. The molecule has 2 amide bonds. The van der Waals surface area contributed by atoms with Crippen molar-refractivity contribution in [2.75, 3.05) is 18.4 Å². The maximum atomic E-state index is 12.0. The van der Waals surface area contributed by atoms with E-state index < -0.39 is 5.97 Å². The second kappa shape index (κ2) is 6.56. The van der Waals surface area contributed by atoms with E-state index in [2.05, 4.69) is 11.4 Å². The van der Waals surface area contributed by atoms with Gasteiger partial charge in [-0.05, 0) is 30.2 Å². The topological polar surface area (TPSA) is 69.6 Å². The van der Waals surface area contributed by atoms with Crippen LogP contribution in [-0.4, -0.2) is 35.1 Å². The van der Waals surface area contributed by atoms with Crippen molar-refractivity contribution in [1.82, 2.24) is 4.90 Å². The van der Waals surface area contributed by atoms with E-state index in [4.69, 9.17) is 5.11 Å². The molecule has 1 heterocycles. The molecule has 0 fully saturated rings. The van der Waals surface area contributed by atoms with E-state index >= 15 is 0 Å². The average molecular weight is 272 g/mol. The SMILES string of the molecule is O=C(O)/C=C/c1ccc(NC(=O)N2CC=CCC2)cc1. The van der Waals surface area contributed by atoms with Crippen molar-refractivity contribution in [2.45, 2.75) is 6.42 Å². The number of carboxylic acids is 1. The molecule has 1 aromatic carbocycles. The van der Waals surface area contributed by atoms with Crippen LogP contribution in [0.25, 0.3) is 6.08 Å². The summed E-state index contributed by atoms with van der Waals surface area (Å²) >= 11 is 0. The minimum Gasteiger partial charge on any atom is -0.478 e. The highest BCUT2D eigenvalue weighted by molar-refractivity contribution is 5.90. The van der Waals surface area contributed by atoms with Gasteiger partial charge in [0, 0.05) is 24.9 Å². The smallest absolute Gasteiger partial charge is 0.328 e. The molecule has 1 aromatic rings. The summed E-state index contributed by atoms with van der Waals surface area (Å²) in [5, 5.41) is 11.4. The molecule has 2 rings (SSSR count). The fraction of sp³-hybridized carbons (Fsp3) is 0.200. The second-order valence-corrected chi connectivity index (χ2v) is 4.43. The van der Waals surface area contributed by atoms with Gasteiger partial charge in [0.15, 0.2) is 0 Å². The van der Waals surface area contributed by atoms with Crippen LogP contribution in [0.5, 0.6) is 0 Å². The number of carboxylic acid groups (broad SMARTS) is 1. The fourth-order valence-electron chi connectivity index (χ4n) is 1.87. The van der Waals surface area contributed by atoms with Crippen LogP contribution in [0.4, 0.5) is 10.5 Å².